The smallest absolute Gasteiger partial charge is 0.232 e. The van der Waals surface area contributed by atoms with Gasteiger partial charge in [-0.15, -0.1) is 11.3 Å². The molecule has 1 aromatic heterocycles. The Balaban J connectivity index is 1.90. The topological polar surface area (TPSA) is 71.3 Å². The van der Waals surface area contributed by atoms with E-state index in [1.165, 1.54) is 11.3 Å². The molecule has 1 N–H and O–H groups in total. The van der Waals surface area contributed by atoms with Gasteiger partial charge in [-0.1, -0.05) is 43.3 Å². The summed E-state index contributed by atoms with van der Waals surface area (Å²) in [5.74, 6) is 0.818. The summed E-state index contributed by atoms with van der Waals surface area (Å²) in [5.41, 5.74) is 2.98. The minimum Gasteiger partial charge on any atom is -0.493 e. The van der Waals surface area contributed by atoms with E-state index in [2.05, 4.69) is 11.4 Å². The molecule has 3 rings (SSSR count). The maximum atomic E-state index is 12.9. The number of hydrogen-bond donors (Lipinski definition) is 1. The molecule has 5 nitrogen and oxygen atoms in total. The fraction of sp³-hybridized carbons (Fsp3) is 0.217. The van der Waals surface area contributed by atoms with E-state index in [4.69, 9.17) is 9.47 Å². The van der Waals surface area contributed by atoms with Crippen molar-refractivity contribution in [1.29, 1.82) is 5.26 Å². The number of anilines is 1. The first-order chi connectivity index (χ1) is 14.1. The maximum absolute atomic E-state index is 12.9. The highest BCUT2D eigenvalue weighted by atomic mass is 32.1. The number of amides is 1. The molecule has 2 aromatic carbocycles. The van der Waals surface area contributed by atoms with Crippen LogP contribution < -0.4 is 14.8 Å². The zero-order valence-corrected chi connectivity index (χ0v) is 17.4. The Morgan fingerprint density at radius 2 is 1.86 bits per heavy atom. The van der Waals surface area contributed by atoms with E-state index in [1.54, 1.807) is 20.3 Å². The van der Waals surface area contributed by atoms with Crippen LogP contribution in [0.15, 0.2) is 53.9 Å². The molecule has 0 bridgehead atoms. The van der Waals surface area contributed by atoms with Gasteiger partial charge in [0.1, 0.15) is 11.1 Å². The summed E-state index contributed by atoms with van der Waals surface area (Å²) in [6.45, 7) is 1.98. The Morgan fingerprint density at radius 3 is 2.48 bits per heavy atom. The molecule has 0 unspecified atom stereocenters. The fourth-order valence-corrected chi connectivity index (χ4v) is 4.16. The lowest BCUT2D eigenvalue weighted by Gasteiger charge is -2.15. The SMILES string of the molecule is CC[C@H](C(=O)Nc1scc(-c2ccc(OC)c(OC)c2)c1C#N)c1ccccc1. The van der Waals surface area contributed by atoms with E-state index >= 15 is 0 Å². The summed E-state index contributed by atoms with van der Waals surface area (Å²) in [7, 11) is 3.15. The van der Waals surface area contributed by atoms with Crippen molar-refractivity contribution in [2.75, 3.05) is 19.5 Å². The third-order valence-corrected chi connectivity index (χ3v) is 5.66. The van der Waals surface area contributed by atoms with E-state index in [0.29, 0.717) is 28.5 Å². The van der Waals surface area contributed by atoms with Crippen LogP contribution in [0.25, 0.3) is 11.1 Å². The van der Waals surface area contributed by atoms with Crippen molar-refractivity contribution in [2.45, 2.75) is 19.3 Å². The van der Waals surface area contributed by atoms with Gasteiger partial charge in [-0.3, -0.25) is 4.79 Å². The number of ether oxygens (including phenoxy) is 2. The van der Waals surface area contributed by atoms with Crippen molar-refractivity contribution in [3.05, 3.63) is 65.0 Å². The van der Waals surface area contributed by atoms with Crippen LogP contribution in [0.2, 0.25) is 0 Å². The second kappa shape index (κ2) is 9.26. The van der Waals surface area contributed by atoms with Crippen LogP contribution in [0.4, 0.5) is 5.00 Å². The molecule has 6 heteroatoms. The highest BCUT2D eigenvalue weighted by Gasteiger charge is 2.22. The predicted octanol–water partition coefficient (Wildman–Crippen LogP) is 5.44. The van der Waals surface area contributed by atoms with Gasteiger partial charge < -0.3 is 14.8 Å². The maximum Gasteiger partial charge on any atom is 0.232 e. The van der Waals surface area contributed by atoms with E-state index in [0.717, 1.165) is 16.7 Å². The molecule has 0 saturated heterocycles. The van der Waals surface area contributed by atoms with Gasteiger partial charge in [0.25, 0.3) is 0 Å². The number of thiophene rings is 1. The Labute approximate surface area is 174 Å². The average molecular weight is 407 g/mol. The second-order valence-electron chi connectivity index (χ2n) is 6.40. The molecular weight excluding hydrogens is 384 g/mol. The van der Waals surface area contributed by atoms with Crippen LogP contribution in [0.5, 0.6) is 11.5 Å². The van der Waals surface area contributed by atoms with Gasteiger partial charge in [-0.05, 0) is 29.7 Å². The summed E-state index contributed by atoms with van der Waals surface area (Å²) in [6.07, 6.45) is 0.672. The van der Waals surface area contributed by atoms with Crippen molar-refractivity contribution in [1.82, 2.24) is 0 Å². The highest BCUT2D eigenvalue weighted by molar-refractivity contribution is 7.15. The molecule has 148 valence electrons. The largest absolute Gasteiger partial charge is 0.493 e. The van der Waals surface area contributed by atoms with E-state index in [9.17, 15) is 10.1 Å². The van der Waals surface area contributed by atoms with Crippen molar-refractivity contribution >= 4 is 22.2 Å². The summed E-state index contributed by atoms with van der Waals surface area (Å²) in [4.78, 5) is 12.9. The standard InChI is InChI=1S/C23H22N2O3S/c1-4-17(15-8-6-5-7-9-15)22(26)25-23-18(13-24)19(14-29-23)16-10-11-20(27-2)21(12-16)28-3/h5-12,14,17H,4H2,1-3H3,(H,25,26)/t17-/m0/s1. The van der Waals surface area contributed by atoms with Crippen LogP contribution in [0.3, 0.4) is 0 Å². The van der Waals surface area contributed by atoms with Gasteiger partial charge in [-0.25, -0.2) is 0 Å². The average Bonchev–Trinajstić information content (AvgIpc) is 3.16. The number of nitriles is 1. The number of carbonyl (C=O) groups is 1. The minimum atomic E-state index is -0.269. The van der Waals surface area contributed by atoms with Crippen LogP contribution in [-0.4, -0.2) is 20.1 Å². The molecule has 0 aliphatic rings. The van der Waals surface area contributed by atoms with Crippen LogP contribution >= 0.6 is 11.3 Å². The lowest BCUT2D eigenvalue weighted by atomic mass is 9.95. The van der Waals surface area contributed by atoms with Gasteiger partial charge in [-0.2, -0.15) is 5.26 Å². The first-order valence-corrected chi connectivity index (χ1v) is 10.1. The van der Waals surface area contributed by atoms with Crippen molar-refractivity contribution < 1.29 is 14.3 Å². The molecule has 1 atom stereocenters. The van der Waals surface area contributed by atoms with Gasteiger partial charge in [0.05, 0.1) is 25.7 Å². The molecule has 0 spiro atoms. The van der Waals surface area contributed by atoms with Crippen LogP contribution in [-0.2, 0) is 4.79 Å². The zero-order valence-electron chi connectivity index (χ0n) is 16.6. The lowest BCUT2D eigenvalue weighted by molar-refractivity contribution is -0.117. The Morgan fingerprint density at radius 1 is 1.14 bits per heavy atom. The number of nitrogens with one attached hydrogen (secondary N) is 1. The summed E-state index contributed by atoms with van der Waals surface area (Å²) in [5, 5.41) is 15.1. The molecular formula is C23H22N2O3S. The fourth-order valence-electron chi connectivity index (χ4n) is 3.23. The third kappa shape index (κ3) is 4.25. The van der Waals surface area contributed by atoms with E-state index < -0.39 is 0 Å². The monoisotopic (exact) mass is 406 g/mol. The number of rotatable bonds is 7. The van der Waals surface area contributed by atoms with Gasteiger partial charge >= 0.3 is 0 Å². The number of methoxy groups -OCH3 is 2. The second-order valence-corrected chi connectivity index (χ2v) is 7.28. The molecule has 0 radical (unpaired) electrons. The first kappa shape index (κ1) is 20.4. The Bertz CT molecular complexity index is 1040. The number of benzene rings is 2. The molecule has 3 aromatic rings. The number of nitrogens with zero attached hydrogens (tertiary/aromatic N) is 1. The molecule has 1 heterocycles. The predicted molar refractivity (Wildman–Crippen MR) is 116 cm³/mol. The van der Waals surface area contributed by atoms with E-state index in [1.807, 2.05) is 54.8 Å². The van der Waals surface area contributed by atoms with Gasteiger partial charge in [0.15, 0.2) is 11.5 Å². The lowest BCUT2D eigenvalue weighted by Crippen LogP contribution is -2.20. The third-order valence-electron chi connectivity index (χ3n) is 4.76. The number of hydrogen-bond acceptors (Lipinski definition) is 5. The van der Waals surface area contributed by atoms with Gasteiger partial charge in [0.2, 0.25) is 5.91 Å². The first-order valence-electron chi connectivity index (χ1n) is 9.22. The highest BCUT2D eigenvalue weighted by Crippen LogP contribution is 2.39. The molecule has 0 fully saturated rings. The quantitative estimate of drug-likeness (QED) is 0.567. The van der Waals surface area contributed by atoms with Gasteiger partial charge in [0, 0.05) is 10.9 Å². The summed E-state index contributed by atoms with van der Waals surface area (Å²) < 4.78 is 10.6. The van der Waals surface area contributed by atoms with E-state index in [-0.39, 0.29) is 11.8 Å². The minimum absolute atomic E-state index is 0.115. The molecule has 0 saturated carbocycles. The molecule has 0 aliphatic carbocycles. The summed E-state index contributed by atoms with van der Waals surface area (Å²) in [6, 6.07) is 17.4. The Kier molecular flexibility index (Phi) is 6.53. The zero-order chi connectivity index (χ0) is 20.8. The number of carbonyl (C=O) groups excluding carboxylic acids is 1. The Hall–Kier alpha value is -3.30. The van der Waals surface area contributed by atoms with Crippen LogP contribution in [0, 0.1) is 11.3 Å². The normalized spacial score (nSPS) is 11.4. The van der Waals surface area contributed by atoms with Crippen molar-refractivity contribution in [2.24, 2.45) is 0 Å². The van der Waals surface area contributed by atoms with Crippen molar-refractivity contribution in [3.63, 3.8) is 0 Å². The van der Waals surface area contributed by atoms with Crippen molar-refractivity contribution in [3.8, 4) is 28.7 Å². The molecule has 0 aliphatic heterocycles. The molecule has 1 amide bonds. The summed E-state index contributed by atoms with van der Waals surface area (Å²) >= 11 is 1.34. The molecule has 29 heavy (non-hydrogen) atoms. The van der Waals surface area contributed by atoms with Crippen LogP contribution in [0.1, 0.15) is 30.4 Å².